The molecule has 1 aliphatic heterocycles. The molecule has 0 radical (unpaired) electrons. The van der Waals surface area contributed by atoms with Crippen molar-refractivity contribution in [3.63, 3.8) is 0 Å². The molecule has 0 saturated heterocycles. The normalized spacial score (nSPS) is 23.9. The van der Waals surface area contributed by atoms with Crippen molar-refractivity contribution in [3.05, 3.63) is 46.2 Å². The van der Waals surface area contributed by atoms with Gasteiger partial charge in [-0.3, -0.25) is 0 Å². The first-order chi connectivity index (χ1) is 4.89. The fraction of sp³-hybridized carbons (Fsp3) is 0. The topological polar surface area (TPSA) is 20.2 Å². The Kier molecular flexibility index (Phi) is 3.28. The Morgan fingerprint density at radius 2 is 1.10 bits per heavy atom. The van der Waals surface area contributed by atoms with Gasteiger partial charge in [-0.15, -0.1) is 0 Å². The zero-order chi connectivity index (χ0) is 7.23. The van der Waals surface area contributed by atoms with Crippen molar-refractivity contribution in [2.24, 2.45) is 0 Å². The number of hydrogen-bond acceptors (Lipinski definition) is 1. The van der Waals surface area contributed by atoms with Crippen LogP contribution >= 0.6 is 0 Å². The molecular formula is C8H9AsO. The molecule has 1 nitrogen and oxygen atoms in total. The molecule has 1 heterocycles. The fourth-order valence-electron chi connectivity index (χ4n) is 0.582. The molecule has 10 heavy (non-hydrogen) atoms. The van der Waals surface area contributed by atoms with E-state index < -0.39 is 15.0 Å². The van der Waals surface area contributed by atoms with Crippen LogP contribution in [0, 0.1) is 0 Å². The molecule has 1 N–H and O–H groups in total. The van der Waals surface area contributed by atoms with Gasteiger partial charge in [-0.1, -0.05) is 0 Å². The number of hydrogen-bond donors (Lipinski definition) is 1. The average molecular weight is 196 g/mol. The van der Waals surface area contributed by atoms with Crippen LogP contribution in [-0.4, -0.2) is 19.1 Å². The van der Waals surface area contributed by atoms with E-state index in [0.717, 1.165) is 0 Å². The van der Waals surface area contributed by atoms with Crippen LogP contribution in [0.1, 0.15) is 0 Å². The molecule has 2 heteroatoms. The number of rotatable bonds is 0. The third-order valence-corrected chi connectivity index (χ3v) is 3.04. The zero-order valence-electron chi connectivity index (χ0n) is 5.51. The Labute approximate surface area is 65.7 Å². The van der Waals surface area contributed by atoms with Crippen molar-refractivity contribution in [1.29, 1.82) is 0 Å². The zero-order valence-corrected chi connectivity index (χ0v) is 7.39. The Hall–Kier alpha value is -0.522. The van der Waals surface area contributed by atoms with Crippen LogP contribution < -0.4 is 0 Å². The van der Waals surface area contributed by atoms with Gasteiger partial charge in [0, 0.05) is 0 Å². The summed E-state index contributed by atoms with van der Waals surface area (Å²) in [6.45, 7) is 0. The third-order valence-electron chi connectivity index (χ3n) is 1.03. The van der Waals surface area contributed by atoms with Crippen molar-refractivity contribution in [2.75, 3.05) is 0 Å². The van der Waals surface area contributed by atoms with Crippen molar-refractivity contribution in [3.8, 4) is 0 Å². The van der Waals surface area contributed by atoms with Gasteiger partial charge in [0.25, 0.3) is 0 Å². The van der Waals surface area contributed by atoms with E-state index in [1.54, 1.807) is 0 Å². The predicted octanol–water partition coefficient (Wildman–Crippen LogP) is 1.29. The van der Waals surface area contributed by atoms with Crippen LogP contribution in [0.3, 0.4) is 0 Å². The summed E-state index contributed by atoms with van der Waals surface area (Å²) in [7, 11) is 0. The molecule has 52 valence electrons. The summed E-state index contributed by atoms with van der Waals surface area (Å²) >= 11 is -1.72. The number of allylic oxidation sites excluding steroid dienone is 6. The summed E-state index contributed by atoms with van der Waals surface area (Å²) in [5.41, 5.74) is 0. The SMILES string of the molecule is O[As]1C=CC=CC=CC=C1. The molecule has 0 aromatic heterocycles. The van der Waals surface area contributed by atoms with Gasteiger partial charge in [0.2, 0.25) is 0 Å². The predicted molar refractivity (Wildman–Crippen MR) is 44.5 cm³/mol. The Morgan fingerprint density at radius 3 is 1.60 bits per heavy atom. The molecule has 0 aliphatic carbocycles. The van der Waals surface area contributed by atoms with Crippen LogP contribution in [-0.2, 0) is 0 Å². The summed E-state index contributed by atoms with van der Waals surface area (Å²) in [5, 5.41) is 0. The first-order valence-corrected chi connectivity index (χ1v) is 6.06. The summed E-state index contributed by atoms with van der Waals surface area (Å²) in [4.78, 5) is 3.74. The van der Waals surface area contributed by atoms with Crippen molar-refractivity contribution < 1.29 is 4.10 Å². The Morgan fingerprint density at radius 1 is 0.700 bits per heavy atom. The summed E-state index contributed by atoms with van der Waals surface area (Å²) in [6, 6.07) is 0. The second kappa shape index (κ2) is 4.32. The van der Waals surface area contributed by atoms with E-state index in [2.05, 4.69) is 0 Å². The van der Waals surface area contributed by atoms with Gasteiger partial charge in [0.15, 0.2) is 0 Å². The summed E-state index contributed by atoms with van der Waals surface area (Å²) in [5.74, 6) is 0. The van der Waals surface area contributed by atoms with E-state index in [1.807, 2.05) is 46.2 Å². The first kappa shape index (κ1) is 7.58. The van der Waals surface area contributed by atoms with Crippen LogP contribution in [0.4, 0.5) is 0 Å². The molecule has 0 unspecified atom stereocenters. The molecule has 0 bridgehead atoms. The van der Waals surface area contributed by atoms with E-state index in [9.17, 15) is 4.10 Å². The van der Waals surface area contributed by atoms with Crippen molar-refractivity contribution >= 4 is 15.0 Å². The fourth-order valence-corrected chi connectivity index (χ4v) is 1.95. The molecule has 0 saturated carbocycles. The van der Waals surface area contributed by atoms with E-state index in [0.29, 0.717) is 0 Å². The average Bonchev–Trinajstić information content (AvgIpc) is 2.02. The van der Waals surface area contributed by atoms with Crippen molar-refractivity contribution in [2.45, 2.75) is 0 Å². The van der Waals surface area contributed by atoms with Gasteiger partial charge in [-0.05, 0) is 0 Å². The van der Waals surface area contributed by atoms with Crippen LogP contribution in [0.2, 0.25) is 0 Å². The molecule has 0 atom stereocenters. The van der Waals surface area contributed by atoms with Gasteiger partial charge >= 0.3 is 65.3 Å². The quantitative estimate of drug-likeness (QED) is 0.578. The molecule has 1 aliphatic rings. The summed E-state index contributed by atoms with van der Waals surface area (Å²) in [6.07, 6.45) is 11.5. The van der Waals surface area contributed by atoms with Crippen LogP contribution in [0.15, 0.2) is 46.2 Å². The maximum absolute atomic E-state index is 9.24. The first-order valence-electron chi connectivity index (χ1n) is 3.05. The van der Waals surface area contributed by atoms with Gasteiger partial charge in [-0.25, -0.2) is 0 Å². The molecule has 0 fully saturated rings. The Balaban J connectivity index is 2.70. The van der Waals surface area contributed by atoms with Gasteiger partial charge < -0.3 is 0 Å². The molecule has 0 aromatic rings. The van der Waals surface area contributed by atoms with E-state index in [4.69, 9.17) is 0 Å². The molecule has 1 rings (SSSR count). The van der Waals surface area contributed by atoms with Gasteiger partial charge in [0.05, 0.1) is 0 Å². The second-order valence-electron chi connectivity index (χ2n) is 1.83. The monoisotopic (exact) mass is 196 g/mol. The maximum atomic E-state index is 9.24. The van der Waals surface area contributed by atoms with Crippen LogP contribution in [0.5, 0.6) is 0 Å². The Bertz CT molecular complexity index is 179. The minimum absolute atomic E-state index is 1.72. The van der Waals surface area contributed by atoms with E-state index >= 15 is 0 Å². The van der Waals surface area contributed by atoms with Crippen molar-refractivity contribution in [1.82, 2.24) is 0 Å². The van der Waals surface area contributed by atoms with Gasteiger partial charge in [0.1, 0.15) is 0 Å². The summed E-state index contributed by atoms with van der Waals surface area (Å²) < 4.78 is 9.24. The molecule has 0 aromatic carbocycles. The molecule has 0 spiro atoms. The molecular weight excluding hydrogens is 187 g/mol. The van der Waals surface area contributed by atoms with E-state index in [-0.39, 0.29) is 0 Å². The minimum atomic E-state index is -1.72. The second-order valence-corrected chi connectivity index (χ2v) is 4.68. The molecule has 0 amide bonds. The van der Waals surface area contributed by atoms with Crippen LogP contribution in [0.25, 0.3) is 0 Å². The van der Waals surface area contributed by atoms with Gasteiger partial charge in [-0.2, -0.15) is 0 Å². The standard InChI is InChI=1S/C8H9AsO/c10-9-7-5-3-1-2-4-6-8-9/h1-8,10H. The third kappa shape index (κ3) is 2.86. The van der Waals surface area contributed by atoms with E-state index in [1.165, 1.54) is 0 Å².